The van der Waals surface area contributed by atoms with Crippen LogP contribution in [0.25, 0.3) is 16.7 Å². The molecule has 4 rings (SSSR count). The molecule has 1 aromatic carbocycles. The van der Waals surface area contributed by atoms with Crippen LogP contribution in [0.2, 0.25) is 0 Å². The molecule has 1 atom stereocenters. The molecule has 9 heteroatoms. The van der Waals surface area contributed by atoms with Gasteiger partial charge in [-0.1, -0.05) is 23.9 Å². The summed E-state index contributed by atoms with van der Waals surface area (Å²) in [5.74, 6) is 0.583. The lowest BCUT2D eigenvalue weighted by Gasteiger charge is -2.13. The summed E-state index contributed by atoms with van der Waals surface area (Å²) in [6, 6.07) is 7.70. The lowest BCUT2D eigenvalue weighted by atomic mass is 10.2. The highest BCUT2D eigenvalue weighted by molar-refractivity contribution is 7.99. The predicted octanol–water partition coefficient (Wildman–Crippen LogP) is 2.08. The van der Waals surface area contributed by atoms with Crippen LogP contribution in [0.3, 0.4) is 0 Å². The summed E-state index contributed by atoms with van der Waals surface area (Å²) < 4.78 is 8.32. The molecule has 8 nitrogen and oxygen atoms in total. The van der Waals surface area contributed by atoms with Crippen molar-refractivity contribution in [2.24, 2.45) is 0 Å². The van der Waals surface area contributed by atoms with E-state index in [1.165, 1.54) is 11.8 Å². The predicted molar refractivity (Wildman–Crippen MR) is 112 cm³/mol. The molecule has 1 N–H and O–H groups in total. The number of amides is 1. The Labute approximate surface area is 172 Å². The van der Waals surface area contributed by atoms with Gasteiger partial charge in [0.05, 0.1) is 17.9 Å². The molecular formula is C20H23N5O3S. The van der Waals surface area contributed by atoms with Crippen LogP contribution in [0.1, 0.15) is 24.4 Å². The highest BCUT2D eigenvalue weighted by atomic mass is 32.2. The molecule has 0 saturated heterocycles. The van der Waals surface area contributed by atoms with Gasteiger partial charge in [0.25, 0.3) is 5.56 Å². The van der Waals surface area contributed by atoms with E-state index < -0.39 is 0 Å². The average molecular weight is 414 g/mol. The first-order chi connectivity index (χ1) is 14.1. The van der Waals surface area contributed by atoms with Crippen molar-refractivity contribution < 1.29 is 9.53 Å². The minimum Gasteiger partial charge on any atom is -0.385 e. The molecule has 1 aliphatic rings. The maximum Gasteiger partial charge on any atom is 0.265 e. The Bertz CT molecular complexity index is 1110. The average Bonchev–Trinajstić information content (AvgIpc) is 3.30. The SMILES string of the molecule is COCCCNC(=O)CC1CSc2nc3c(cnn3-c3cccc(C)c3)c(=O)n21. The van der Waals surface area contributed by atoms with Crippen molar-refractivity contribution in [1.29, 1.82) is 0 Å². The van der Waals surface area contributed by atoms with Crippen LogP contribution >= 0.6 is 11.8 Å². The molecule has 152 valence electrons. The van der Waals surface area contributed by atoms with E-state index in [0.717, 1.165) is 17.7 Å². The molecule has 3 aromatic rings. The van der Waals surface area contributed by atoms with Crippen molar-refractivity contribution in [3.8, 4) is 5.69 Å². The third-order valence-electron chi connectivity index (χ3n) is 4.89. The molecule has 0 spiro atoms. The minimum atomic E-state index is -0.204. The van der Waals surface area contributed by atoms with E-state index in [2.05, 4.69) is 10.4 Å². The summed E-state index contributed by atoms with van der Waals surface area (Å²) in [4.78, 5) is 30.1. The molecule has 0 radical (unpaired) electrons. The first-order valence-corrected chi connectivity index (χ1v) is 10.5. The van der Waals surface area contributed by atoms with Crippen molar-refractivity contribution >= 4 is 28.7 Å². The molecule has 1 aliphatic heterocycles. The topological polar surface area (TPSA) is 91.0 Å². The van der Waals surface area contributed by atoms with Crippen LogP contribution in [0.4, 0.5) is 0 Å². The number of aromatic nitrogens is 4. The summed E-state index contributed by atoms with van der Waals surface area (Å²) in [6.45, 7) is 3.18. The van der Waals surface area contributed by atoms with Crippen molar-refractivity contribution in [2.75, 3.05) is 26.0 Å². The Morgan fingerprint density at radius 2 is 2.28 bits per heavy atom. The van der Waals surface area contributed by atoms with Gasteiger partial charge in [-0.25, -0.2) is 9.67 Å². The first kappa shape index (κ1) is 19.7. The number of nitrogens with one attached hydrogen (secondary N) is 1. The summed E-state index contributed by atoms with van der Waals surface area (Å²) in [6.07, 6.45) is 2.58. The summed E-state index contributed by atoms with van der Waals surface area (Å²) >= 11 is 1.50. The number of hydrogen-bond donors (Lipinski definition) is 1. The van der Waals surface area contributed by atoms with Crippen molar-refractivity contribution in [3.05, 3.63) is 46.4 Å². The number of carbonyl (C=O) groups excluding carboxylic acids is 1. The van der Waals surface area contributed by atoms with E-state index >= 15 is 0 Å². The second-order valence-corrected chi connectivity index (χ2v) is 8.05. The number of ether oxygens (including phenoxy) is 1. The van der Waals surface area contributed by atoms with Crippen molar-refractivity contribution in [3.63, 3.8) is 0 Å². The smallest absolute Gasteiger partial charge is 0.265 e. The minimum absolute atomic E-state index is 0.0676. The first-order valence-electron chi connectivity index (χ1n) is 9.54. The Balaban J connectivity index is 1.60. The summed E-state index contributed by atoms with van der Waals surface area (Å²) in [7, 11) is 1.63. The molecule has 3 heterocycles. The quantitative estimate of drug-likeness (QED) is 0.471. The normalized spacial score (nSPS) is 15.6. The van der Waals surface area contributed by atoms with Gasteiger partial charge < -0.3 is 10.1 Å². The van der Waals surface area contributed by atoms with E-state index in [-0.39, 0.29) is 23.9 Å². The van der Waals surface area contributed by atoms with Gasteiger partial charge in [0, 0.05) is 32.4 Å². The number of carbonyl (C=O) groups is 1. The third kappa shape index (κ3) is 3.92. The Morgan fingerprint density at radius 3 is 3.07 bits per heavy atom. The number of thioether (sulfide) groups is 1. The van der Waals surface area contributed by atoms with Gasteiger partial charge in [0.15, 0.2) is 10.8 Å². The highest BCUT2D eigenvalue weighted by Gasteiger charge is 2.29. The van der Waals surface area contributed by atoms with Gasteiger partial charge in [0.1, 0.15) is 5.39 Å². The van der Waals surface area contributed by atoms with Gasteiger partial charge in [-0.15, -0.1) is 0 Å². The van der Waals surface area contributed by atoms with Crippen LogP contribution in [0.15, 0.2) is 40.4 Å². The Morgan fingerprint density at radius 1 is 1.41 bits per heavy atom. The molecule has 0 fully saturated rings. The lowest BCUT2D eigenvalue weighted by molar-refractivity contribution is -0.121. The Hall–Kier alpha value is -2.65. The van der Waals surface area contributed by atoms with Crippen molar-refractivity contribution in [2.45, 2.75) is 31.0 Å². The summed E-state index contributed by atoms with van der Waals surface area (Å²) in [5, 5.41) is 8.37. The van der Waals surface area contributed by atoms with E-state index in [9.17, 15) is 9.59 Å². The van der Waals surface area contributed by atoms with Gasteiger partial charge >= 0.3 is 0 Å². The Kier molecular flexibility index (Phi) is 5.68. The number of hydrogen-bond acceptors (Lipinski definition) is 6. The van der Waals surface area contributed by atoms with E-state index in [4.69, 9.17) is 9.72 Å². The maximum absolute atomic E-state index is 13.1. The van der Waals surface area contributed by atoms with Gasteiger partial charge in [0.2, 0.25) is 5.91 Å². The van der Waals surface area contributed by atoms with Crippen LogP contribution in [0.5, 0.6) is 0 Å². The van der Waals surface area contributed by atoms with Gasteiger partial charge in [-0.05, 0) is 31.0 Å². The fourth-order valence-corrected chi connectivity index (χ4v) is 4.59. The molecule has 2 aromatic heterocycles. The zero-order chi connectivity index (χ0) is 20.4. The number of methoxy groups -OCH3 is 1. The molecular weight excluding hydrogens is 390 g/mol. The lowest BCUT2D eigenvalue weighted by Crippen LogP contribution is -2.31. The number of benzene rings is 1. The largest absolute Gasteiger partial charge is 0.385 e. The second kappa shape index (κ2) is 8.38. The third-order valence-corrected chi connectivity index (χ3v) is 5.98. The fraction of sp³-hybridized carbons (Fsp3) is 0.400. The zero-order valence-corrected chi connectivity index (χ0v) is 17.2. The monoisotopic (exact) mass is 413 g/mol. The number of fused-ring (bicyclic) bond motifs is 2. The van der Waals surface area contributed by atoms with Crippen LogP contribution in [-0.2, 0) is 9.53 Å². The van der Waals surface area contributed by atoms with Crippen LogP contribution in [-0.4, -0.2) is 51.3 Å². The molecule has 0 aliphatic carbocycles. The van der Waals surface area contributed by atoms with Gasteiger partial charge in [-0.3, -0.25) is 14.2 Å². The molecule has 29 heavy (non-hydrogen) atoms. The second-order valence-electron chi connectivity index (χ2n) is 7.07. The van der Waals surface area contributed by atoms with Gasteiger partial charge in [-0.2, -0.15) is 5.10 Å². The molecule has 0 saturated carbocycles. The maximum atomic E-state index is 13.1. The highest BCUT2D eigenvalue weighted by Crippen LogP contribution is 2.33. The van der Waals surface area contributed by atoms with E-state index in [1.807, 2.05) is 31.2 Å². The molecule has 1 unspecified atom stereocenters. The standard InChI is InChI=1S/C20H23N5O3S/c1-13-5-3-6-14(9-13)25-18-16(11-22-25)19(27)24-15(12-29-20(24)23-18)10-17(26)21-7-4-8-28-2/h3,5-6,9,11,15H,4,7-8,10,12H2,1-2H3,(H,21,26). The molecule has 1 amide bonds. The van der Waals surface area contributed by atoms with E-state index in [0.29, 0.717) is 35.1 Å². The van der Waals surface area contributed by atoms with Crippen LogP contribution < -0.4 is 10.9 Å². The van der Waals surface area contributed by atoms with Crippen LogP contribution in [0, 0.1) is 6.92 Å². The zero-order valence-electron chi connectivity index (χ0n) is 16.4. The summed E-state index contributed by atoms with van der Waals surface area (Å²) in [5.41, 5.74) is 2.37. The fourth-order valence-electron chi connectivity index (χ4n) is 3.46. The molecule has 0 bridgehead atoms. The van der Waals surface area contributed by atoms with E-state index in [1.54, 1.807) is 22.6 Å². The number of rotatable bonds is 7. The number of nitrogens with zero attached hydrogens (tertiary/aromatic N) is 4. The van der Waals surface area contributed by atoms with Crippen molar-refractivity contribution in [1.82, 2.24) is 24.6 Å². The number of aryl methyl sites for hydroxylation is 1.